The molecule has 1 aromatic carbocycles. The second kappa shape index (κ2) is 11.3. The van der Waals surface area contributed by atoms with Crippen LogP contribution in [0.25, 0.3) is 0 Å². The summed E-state index contributed by atoms with van der Waals surface area (Å²) in [6.07, 6.45) is -5.78. The molecule has 0 bridgehead atoms. The third-order valence-electron chi connectivity index (χ3n) is 6.58. The molecule has 2 aliphatic rings. The summed E-state index contributed by atoms with van der Waals surface area (Å²) < 4.78 is 78.7. The molecule has 198 valence electrons. The van der Waals surface area contributed by atoms with E-state index >= 15 is 0 Å². The molecule has 1 aliphatic heterocycles. The molecule has 0 radical (unpaired) electrons. The fraction of sp³-hybridized carbons (Fsp3) is 0.696. The van der Waals surface area contributed by atoms with Crippen LogP contribution in [0.2, 0.25) is 0 Å². The average Bonchev–Trinajstić information content (AvgIpc) is 2.79. The van der Waals surface area contributed by atoms with Crippen molar-refractivity contribution < 1.29 is 40.9 Å². The summed E-state index contributed by atoms with van der Waals surface area (Å²) in [4.78, 5) is 27.8. The number of carbonyl (C=O) groups is 1. The highest BCUT2D eigenvalue weighted by Crippen LogP contribution is 2.36. The molecule has 1 aliphatic carbocycles. The molecule has 1 heterocycles. The van der Waals surface area contributed by atoms with Gasteiger partial charge in [0.1, 0.15) is 0 Å². The highest BCUT2D eigenvalue weighted by atomic mass is 19.4. The van der Waals surface area contributed by atoms with Gasteiger partial charge in [0.2, 0.25) is 0 Å². The molecule has 35 heavy (non-hydrogen) atoms. The Balaban J connectivity index is 1.53. The lowest BCUT2D eigenvalue weighted by Crippen LogP contribution is -2.52. The molecule has 0 spiro atoms. The Bertz CT molecular complexity index is 816. The van der Waals surface area contributed by atoms with Gasteiger partial charge < -0.3 is 9.80 Å². The van der Waals surface area contributed by atoms with Crippen molar-refractivity contribution in [2.75, 3.05) is 46.9 Å². The SMILES string of the molecule is COOC1CCC(CN2CCN(C(=O)N(C)Cc3cc(C(F)(F)F)cc(C(F)(F)F)c3)CC2)CC1. The Labute approximate surface area is 200 Å². The van der Waals surface area contributed by atoms with Crippen LogP contribution >= 0.6 is 0 Å². The summed E-state index contributed by atoms with van der Waals surface area (Å²) in [5.41, 5.74) is -3.01. The van der Waals surface area contributed by atoms with E-state index in [9.17, 15) is 31.1 Å². The van der Waals surface area contributed by atoms with Crippen LogP contribution in [0.3, 0.4) is 0 Å². The monoisotopic (exact) mass is 511 g/mol. The molecule has 0 atom stereocenters. The van der Waals surface area contributed by atoms with Crippen LogP contribution in [0.1, 0.15) is 42.4 Å². The lowest BCUT2D eigenvalue weighted by atomic mass is 9.87. The van der Waals surface area contributed by atoms with E-state index in [4.69, 9.17) is 9.78 Å². The first-order valence-electron chi connectivity index (χ1n) is 11.6. The molecule has 1 saturated heterocycles. The number of hydrogen-bond acceptors (Lipinski definition) is 4. The topological polar surface area (TPSA) is 45.3 Å². The summed E-state index contributed by atoms with van der Waals surface area (Å²) in [6, 6.07) is 0.974. The van der Waals surface area contributed by atoms with Gasteiger partial charge in [0.25, 0.3) is 0 Å². The van der Waals surface area contributed by atoms with Gasteiger partial charge in [0.05, 0.1) is 24.3 Å². The van der Waals surface area contributed by atoms with Gasteiger partial charge in [-0.2, -0.15) is 26.3 Å². The van der Waals surface area contributed by atoms with Gasteiger partial charge in [0.15, 0.2) is 0 Å². The highest BCUT2D eigenvalue weighted by molar-refractivity contribution is 5.74. The Kier molecular flexibility index (Phi) is 8.92. The predicted molar refractivity (Wildman–Crippen MR) is 115 cm³/mol. The smallest absolute Gasteiger partial charge is 0.323 e. The zero-order chi connectivity index (χ0) is 25.8. The fourth-order valence-electron chi connectivity index (χ4n) is 4.73. The number of benzene rings is 1. The minimum atomic E-state index is -4.93. The first-order chi connectivity index (χ1) is 16.4. The van der Waals surface area contributed by atoms with Crippen LogP contribution in [0, 0.1) is 5.92 Å². The number of carbonyl (C=O) groups excluding carboxylic acids is 1. The molecule has 0 N–H and O–H groups in total. The standard InChI is InChI=1S/C23H31F6N3O3/c1-30(14-17-11-18(22(24,25)26)13-19(12-17)23(27,28)29)21(33)32-9-7-31(8-10-32)15-16-3-5-20(6-4-16)35-34-2/h11-13,16,20H,3-10,14-15H2,1-2H3. The Morgan fingerprint density at radius 1 is 0.943 bits per heavy atom. The molecular formula is C23H31F6N3O3. The zero-order valence-corrected chi connectivity index (χ0v) is 19.8. The summed E-state index contributed by atoms with van der Waals surface area (Å²) in [6.45, 7) is 2.77. The van der Waals surface area contributed by atoms with Gasteiger partial charge in [-0.3, -0.25) is 4.90 Å². The third kappa shape index (κ3) is 7.71. The average molecular weight is 512 g/mol. The van der Waals surface area contributed by atoms with Crippen LogP contribution in [0.15, 0.2) is 18.2 Å². The number of hydrogen-bond donors (Lipinski definition) is 0. The lowest BCUT2D eigenvalue weighted by molar-refractivity contribution is -0.310. The largest absolute Gasteiger partial charge is 0.416 e. The molecule has 0 aromatic heterocycles. The summed E-state index contributed by atoms with van der Waals surface area (Å²) >= 11 is 0. The van der Waals surface area contributed by atoms with Gasteiger partial charge in [-0.15, -0.1) is 0 Å². The number of alkyl halides is 6. The minimum Gasteiger partial charge on any atom is -0.323 e. The molecule has 2 amide bonds. The van der Waals surface area contributed by atoms with E-state index in [-0.39, 0.29) is 24.3 Å². The van der Waals surface area contributed by atoms with E-state index in [1.54, 1.807) is 4.90 Å². The van der Waals surface area contributed by atoms with Crippen molar-refractivity contribution in [3.63, 3.8) is 0 Å². The van der Waals surface area contributed by atoms with Crippen molar-refractivity contribution in [2.45, 2.75) is 50.7 Å². The van der Waals surface area contributed by atoms with Crippen LogP contribution in [-0.4, -0.2) is 73.7 Å². The first kappa shape index (κ1) is 27.5. The third-order valence-corrected chi connectivity index (χ3v) is 6.58. The van der Waals surface area contributed by atoms with Crippen LogP contribution in [0.4, 0.5) is 31.1 Å². The van der Waals surface area contributed by atoms with Gasteiger partial charge in [-0.1, -0.05) is 0 Å². The molecule has 1 aromatic rings. The number of nitrogens with zero attached hydrogens (tertiary/aromatic N) is 3. The number of urea groups is 1. The maximum atomic E-state index is 13.1. The molecule has 0 unspecified atom stereocenters. The molecule has 12 heteroatoms. The maximum Gasteiger partial charge on any atom is 0.416 e. The Morgan fingerprint density at radius 2 is 1.49 bits per heavy atom. The van der Waals surface area contributed by atoms with Crippen molar-refractivity contribution >= 4 is 6.03 Å². The van der Waals surface area contributed by atoms with Gasteiger partial charge in [-0.25, -0.2) is 14.6 Å². The second-order valence-electron chi connectivity index (χ2n) is 9.25. The predicted octanol–water partition coefficient (Wildman–Crippen LogP) is 5.03. The van der Waals surface area contributed by atoms with E-state index in [1.807, 2.05) is 0 Å². The van der Waals surface area contributed by atoms with Crippen LogP contribution < -0.4 is 0 Å². The van der Waals surface area contributed by atoms with E-state index < -0.39 is 29.5 Å². The quantitative estimate of drug-likeness (QED) is 0.305. The fourth-order valence-corrected chi connectivity index (χ4v) is 4.73. The molecular weight excluding hydrogens is 480 g/mol. The Hall–Kier alpha value is -2.05. The van der Waals surface area contributed by atoms with E-state index in [2.05, 4.69) is 4.90 Å². The summed E-state index contributed by atoms with van der Waals surface area (Å²) in [5.74, 6) is 0.542. The molecule has 6 nitrogen and oxygen atoms in total. The van der Waals surface area contributed by atoms with Gasteiger partial charge in [-0.05, 0) is 55.4 Å². The van der Waals surface area contributed by atoms with Crippen LogP contribution in [-0.2, 0) is 28.7 Å². The van der Waals surface area contributed by atoms with Crippen molar-refractivity contribution in [3.8, 4) is 0 Å². The van der Waals surface area contributed by atoms with Gasteiger partial charge in [0, 0.05) is 46.3 Å². The molecule has 1 saturated carbocycles. The van der Waals surface area contributed by atoms with E-state index in [1.165, 1.54) is 14.2 Å². The van der Waals surface area contributed by atoms with Crippen molar-refractivity contribution in [1.82, 2.24) is 14.7 Å². The number of amides is 2. The number of rotatable bonds is 6. The lowest BCUT2D eigenvalue weighted by Gasteiger charge is -2.39. The number of piperazine rings is 1. The van der Waals surface area contributed by atoms with Crippen molar-refractivity contribution in [3.05, 3.63) is 34.9 Å². The van der Waals surface area contributed by atoms with Crippen molar-refractivity contribution in [2.24, 2.45) is 5.92 Å². The minimum absolute atomic E-state index is 0.0849. The van der Waals surface area contributed by atoms with Crippen molar-refractivity contribution in [1.29, 1.82) is 0 Å². The first-order valence-corrected chi connectivity index (χ1v) is 11.6. The zero-order valence-electron chi connectivity index (χ0n) is 19.8. The Morgan fingerprint density at radius 3 is 1.97 bits per heavy atom. The summed E-state index contributed by atoms with van der Waals surface area (Å²) in [5, 5.41) is 0. The maximum absolute atomic E-state index is 13.1. The second-order valence-corrected chi connectivity index (χ2v) is 9.25. The highest BCUT2D eigenvalue weighted by Gasteiger charge is 2.37. The molecule has 2 fully saturated rings. The van der Waals surface area contributed by atoms with E-state index in [0.717, 1.165) is 37.1 Å². The summed E-state index contributed by atoms with van der Waals surface area (Å²) in [7, 11) is 2.88. The van der Waals surface area contributed by atoms with Gasteiger partial charge >= 0.3 is 18.4 Å². The van der Waals surface area contributed by atoms with Crippen LogP contribution in [0.5, 0.6) is 0 Å². The molecule has 3 rings (SSSR count). The number of halogens is 6. The van der Waals surface area contributed by atoms with E-state index in [0.29, 0.717) is 44.2 Å². The normalized spacial score (nSPS) is 22.3.